The average Bonchev–Trinajstić information content (AvgIpc) is 2.29. The van der Waals surface area contributed by atoms with Crippen LogP contribution in [0.15, 0.2) is 24.3 Å². The van der Waals surface area contributed by atoms with Gasteiger partial charge in [-0.2, -0.15) is 0 Å². The maximum absolute atomic E-state index is 11.1. The molecule has 0 heterocycles. The second-order valence-electron chi connectivity index (χ2n) is 3.13. The van der Waals surface area contributed by atoms with Gasteiger partial charge in [0.1, 0.15) is 5.75 Å². The van der Waals surface area contributed by atoms with E-state index >= 15 is 0 Å². The van der Waals surface area contributed by atoms with E-state index < -0.39 is 0 Å². The molecule has 0 atom stereocenters. The summed E-state index contributed by atoms with van der Waals surface area (Å²) in [5.41, 5.74) is 1.02. The fraction of sp³-hybridized carbons (Fsp3) is 0.308. The zero-order valence-electron chi connectivity index (χ0n) is 9.54. The predicted molar refractivity (Wildman–Crippen MR) is 62.9 cm³/mol. The highest BCUT2D eigenvalue weighted by Gasteiger charge is 1.97. The second-order valence-corrected chi connectivity index (χ2v) is 3.13. The van der Waals surface area contributed by atoms with Crippen molar-refractivity contribution < 1.29 is 9.53 Å². The zero-order chi connectivity index (χ0) is 11.8. The van der Waals surface area contributed by atoms with Crippen LogP contribution >= 0.6 is 0 Å². The zero-order valence-corrected chi connectivity index (χ0v) is 9.54. The molecule has 0 saturated heterocycles. The van der Waals surface area contributed by atoms with Gasteiger partial charge in [-0.05, 0) is 37.5 Å². The first-order chi connectivity index (χ1) is 7.76. The van der Waals surface area contributed by atoms with Crippen molar-refractivity contribution in [3.63, 3.8) is 0 Å². The van der Waals surface area contributed by atoms with Crippen LogP contribution in [0.3, 0.4) is 0 Å². The van der Waals surface area contributed by atoms with Crippen molar-refractivity contribution in [1.29, 1.82) is 0 Å². The summed E-state index contributed by atoms with van der Waals surface area (Å²) in [5.74, 6) is 5.56. The lowest BCUT2D eigenvalue weighted by molar-refractivity contribution is -0.115. The Kier molecular flexibility index (Phi) is 4.94. The summed E-state index contributed by atoms with van der Waals surface area (Å²) in [7, 11) is 0. The molecule has 1 amide bonds. The maximum Gasteiger partial charge on any atom is 0.296 e. The Bertz CT molecular complexity index is 398. The molecule has 0 spiro atoms. The van der Waals surface area contributed by atoms with Crippen LogP contribution in [0.5, 0.6) is 5.75 Å². The number of hydrogen-bond donors (Lipinski definition) is 1. The van der Waals surface area contributed by atoms with Gasteiger partial charge in [-0.1, -0.05) is 18.1 Å². The summed E-state index contributed by atoms with van der Waals surface area (Å²) < 4.78 is 5.32. The quantitative estimate of drug-likeness (QED) is 0.780. The Morgan fingerprint density at radius 2 is 2.06 bits per heavy atom. The van der Waals surface area contributed by atoms with E-state index in [2.05, 4.69) is 17.2 Å². The van der Waals surface area contributed by atoms with E-state index in [1.165, 1.54) is 0 Å². The van der Waals surface area contributed by atoms with Gasteiger partial charge in [0, 0.05) is 6.54 Å². The Labute approximate surface area is 95.8 Å². The van der Waals surface area contributed by atoms with E-state index in [9.17, 15) is 4.79 Å². The molecule has 3 nitrogen and oxygen atoms in total. The third-order valence-electron chi connectivity index (χ3n) is 1.93. The molecule has 1 N–H and O–H groups in total. The van der Waals surface area contributed by atoms with Crippen LogP contribution in [0, 0.1) is 11.8 Å². The first kappa shape index (κ1) is 12.1. The van der Waals surface area contributed by atoms with E-state index in [0.29, 0.717) is 13.2 Å². The van der Waals surface area contributed by atoms with Crippen molar-refractivity contribution in [2.24, 2.45) is 0 Å². The van der Waals surface area contributed by atoms with Gasteiger partial charge in [-0.3, -0.25) is 4.79 Å². The van der Waals surface area contributed by atoms with Crippen LogP contribution in [-0.4, -0.2) is 12.5 Å². The fourth-order valence-corrected chi connectivity index (χ4v) is 1.21. The van der Waals surface area contributed by atoms with Crippen molar-refractivity contribution in [3.8, 4) is 17.6 Å². The Morgan fingerprint density at radius 3 is 2.62 bits per heavy atom. The molecule has 0 aliphatic heterocycles. The monoisotopic (exact) mass is 217 g/mol. The molecule has 1 aromatic rings. The predicted octanol–water partition coefficient (Wildman–Crippen LogP) is 1.72. The van der Waals surface area contributed by atoms with Crippen LogP contribution in [0.2, 0.25) is 0 Å². The number of carbonyl (C=O) groups excluding carboxylic acids is 1. The molecule has 1 aromatic carbocycles. The average molecular weight is 217 g/mol. The standard InChI is InChI=1S/C13H15NO2/c1-3-5-13(15)14-10-11-6-8-12(9-7-11)16-4-2/h6-9H,4,10H2,1-2H3,(H,14,15). The molecule has 0 radical (unpaired) electrons. The van der Waals surface area contributed by atoms with Gasteiger partial charge in [0.15, 0.2) is 0 Å². The molecule has 3 heteroatoms. The first-order valence-electron chi connectivity index (χ1n) is 5.18. The number of hydrogen-bond acceptors (Lipinski definition) is 2. The largest absolute Gasteiger partial charge is 0.494 e. The van der Waals surface area contributed by atoms with Gasteiger partial charge in [0.2, 0.25) is 0 Å². The lowest BCUT2D eigenvalue weighted by atomic mass is 10.2. The highest BCUT2D eigenvalue weighted by molar-refractivity contribution is 5.93. The lowest BCUT2D eigenvalue weighted by Gasteiger charge is -2.04. The van der Waals surface area contributed by atoms with Gasteiger partial charge >= 0.3 is 0 Å². The normalized spacial score (nSPS) is 8.88. The molecule has 0 saturated carbocycles. The van der Waals surface area contributed by atoms with Gasteiger partial charge in [0.25, 0.3) is 5.91 Å². The Balaban J connectivity index is 2.48. The van der Waals surface area contributed by atoms with Crippen LogP contribution in [0.1, 0.15) is 19.4 Å². The van der Waals surface area contributed by atoms with Gasteiger partial charge in [0.05, 0.1) is 6.61 Å². The third-order valence-corrected chi connectivity index (χ3v) is 1.93. The summed E-state index contributed by atoms with van der Waals surface area (Å²) in [6.07, 6.45) is 0. The Hall–Kier alpha value is -1.95. The van der Waals surface area contributed by atoms with E-state index in [1.54, 1.807) is 6.92 Å². The number of nitrogens with one attached hydrogen (secondary N) is 1. The molecular weight excluding hydrogens is 202 g/mol. The molecule has 1 rings (SSSR count). The topological polar surface area (TPSA) is 38.3 Å². The SMILES string of the molecule is CC#CC(=O)NCc1ccc(OCC)cc1. The fourth-order valence-electron chi connectivity index (χ4n) is 1.21. The van der Waals surface area contributed by atoms with Crippen LogP contribution in [0.25, 0.3) is 0 Å². The molecule has 0 bridgehead atoms. The van der Waals surface area contributed by atoms with Crippen LogP contribution in [0.4, 0.5) is 0 Å². The second kappa shape index (κ2) is 6.52. The number of ether oxygens (including phenoxy) is 1. The molecule has 16 heavy (non-hydrogen) atoms. The Morgan fingerprint density at radius 1 is 1.38 bits per heavy atom. The molecule has 0 fully saturated rings. The number of amides is 1. The third kappa shape index (κ3) is 4.05. The van der Waals surface area contributed by atoms with Crippen molar-refractivity contribution in [1.82, 2.24) is 5.32 Å². The maximum atomic E-state index is 11.1. The summed E-state index contributed by atoms with van der Waals surface area (Å²) in [4.78, 5) is 11.1. The van der Waals surface area contributed by atoms with Crippen molar-refractivity contribution in [2.45, 2.75) is 20.4 Å². The highest BCUT2D eigenvalue weighted by Crippen LogP contribution is 2.11. The minimum absolute atomic E-state index is 0.253. The number of carbonyl (C=O) groups is 1. The smallest absolute Gasteiger partial charge is 0.296 e. The van der Waals surface area contributed by atoms with Gasteiger partial charge in [-0.25, -0.2) is 0 Å². The minimum atomic E-state index is -0.253. The first-order valence-corrected chi connectivity index (χ1v) is 5.18. The van der Waals surface area contributed by atoms with E-state index in [-0.39, 0.29) is 5.91 Å². The molecule has 84 valence electrons. The van der Waals surface area contributed by atoms with E-state index in [1.807, 2.05) is 31.2 Å². The molecule has 0 aromatic heterocycles. The van der Waals surface area contributed by atoms with E-state index in [0.717, 1.165) is 11.3 Å². The van der Waals surface area contributed by atoms with Crippen LogP contribution in [-0.2, 0) is 11.3 Å². The summed E-state index contributed by atoms with van der Waals surface area (Å²) in [5, 5.41) is 2.70. The van der Waals surface area contributed by atoms with Gasteiger partial charge in [-0.15, -0.1) is 0 Å². The van der Waals surface area contributed by atoms with Crippen LogP contribution < -0.4 is 10.1 Å². The molecule has 0 unspecified atom stereocenters. The van der Waals surface area contributed by atoms with Crippen molar-refractivity contribution in [3.05, 3.63) is 29.8 Å². The molecular formula is C13H15NO2. The van der Waals surface area contributed by atoms with E-state index in [4.69, 9.17) is 4.74 Å². The summed E-state index contributed by atoms with van der Waals surface area (Å²) in [6, 6.07) is 7.61. The minimum Gasteiger partial charge on any atom is -0.494 e. The van der Waals surface area contributed by atoms with Crippen molar-refractivity contribution >= 4 is 5.91 Å². The molecule has 0 aliphatic carbocycles. The van der Waals surface area contributed by atoms with Gasteiger partial charge < -0.3 is 10.1 Å². The molecule has 0 aliphatic rings. The summed E-state index contributed by atoms with van der Waals surface area (Å²) in [6.45, 7) is 4.72. The highest BCUT2D eigenvalue weighted by atomic mass is 16.5. The lowest BCUT2D eigenvalue weighted by Crippen LogP contribution is -2.20. The summed E-state index contributed by atoms with van der Waals surface area (Å²) >= 11 is 0. The van der Waals surface area contributed by atoms with Crippen molar-refractivity contribution in [2.75, 3.05) is 6.61 Å². The number of rotatable bonds is 4. The number of benzene rings is 1.